The SMILES string of the molecule is CN(CCc1ccccc1F)CC1(C(=O)O)COC1. The minimum absolute atomic E-state index is 0.212. The maximum absolute atomic E-state index is 13.5. The number of hydrogen-bond acceptors (Lipinski definition) is 3. The van der Waals surface area contributed by atoms with E-state index in [2.05, 4.69) is 0 Å². The number of hydrogen-bond donors (Lipinski definition) is 1. The van der Waals surface area contributed by atoms with E-state index in [1.807, 2.05) is 11.9 Å². The van der Waals surface area contributed by atoms with E-state index in [0.29, 0.717) is 25.1 Å². The molecule has 1 heterocycles. The summed E-state index contributed by atoms with van der Waals surface area (Å²) in [4.78, 5) is 13.1. The Bertz CT molecular complexity index is 460. The van der Waals surface area contributed by atoms with Crippen LogP contribution in [0.3, 0.4) is 0 Å². The van der Waals surface area contributed by atoms with E-state index < -0.39 is 11.4 Å². The first-order chi connectivity index (χ1) is 9.03. The molecule has 1 fully saturated rings. The molecule has 0 atom stereocenters. The van der Waals surface area contributed by atoms with Crippen molar-refractivity contribution < 1.29 is 19.0 Å². The van der Waals surface area contributed by atoms with Crippen molar-refractivity contribution in [3.8, 4) is 0 Å². The molecule has 0 spiro atoms. The summed E-state index contributed by atoms with van der Waals surface area (Å²) in [6.45, 7) is 1.56. The molecule has 1 aliphatic rings. The minimum atomic E-state index is -0.823. The number of ether oxygens (including phenoxy) is 1. The van der Waals surface area contributed by atoms with E-state index in [1.165, 1.54) is 6.07 Å². The largest absolute Gasteiger partial charge is 0.481 e. The molecule has 0 aromatic heterocycles. The van der Waals surface area contributed by atoms with Gasteiger partial charge in [-0.25, -0.2) is 4.39 Å². The van der Waals surface area contributed by atoms with Gasteiger partial charge < -0.3 is 14.7 Å². The van der Waals surface area contributed by atoms with Crippen molar-refractivity contribution in [1.82, 2.24) is 4.90 Å². The van der Waals surface area contributed by atoms with Crippen molar-refractivity contribution >= 4 is 5.97 Å². The summed E-state index contributed by atoms with van der Waals surface area (Å²) >= 11 is 0. The van der Waals surface area contributed by atoms with Gasteiger partial charge in [-0.1, -0.05) is 18.2 Å². The fourth-order valence-electron chi connectivity index (χ4n) is 2.24. The second-order valence-corrected chi connectivity index (χ2v) is 5.16. The highest BCUT2D eigenvalue weighted by Crippen LogP contribution is 2.28. The molecule has 1 aromatic rings. The van der Waals surface area contributed by atoms with Crippen LogP contribution in [0.25, 0.3) is 0 Å². The highest BCUT2D eigenvalue weighted by molar-refractivity contribution is 5.76. The molecule has 19 heavy (non-hydrogen) atoms. The molecule has 0 radical (unpaired) electrons. The molecule has 1 saturated heterocycles. The van der Waals surface area contributed by atoms with Crippen molar-refractivity contribution in [2.45, 2.75) is 6.42 Å². The van der Waals surface area contributed by atoms with Gasteiger partial charge in [-0.15, -0.1) is 0 Å². The van der Waals surface area contributed by atoms with Gasteiger partial charge in [0.2, 0.25) is 0 Å². The Labute approximate surface area is 111 Å². The Kier molecular flexibility index (Phi) is 4.17. The van der Waals surface area contributed by atoms with E-state index in [-0.39, 0.29) is 19.0 Å². The van der Waals surface area contributed by atoms with Crippen LogP contribution >= 0.6 is 0 Å². The van der Waals surface area contributed by atoms with Crippen LogP contribution in [-0.2, 0) is 16.0 Å². The van der Waals surface area contributed by atoms with Crippen molar-refractivity contribution in [1.29, 1.82) is 0 Å². The van der Waals surface area contributed by atoms with Gasteiger partial charge >= 0.3 is 5.97 Å². The first-order valence-corrected chi connectivity index (χ1v) is 6.27. The quantitative estimate of drug-likeness (QED) is 0.846. The molecular formula is C14H18FNO3. The monoisotopic (exact) mass is 267 g/mol. The van der Waals surface area contributed by atoms with Gasteiger partial charge in [0.25, 0.3) is 0 Å². The van der Waals surface area contributed by atoms with E-state index in [9.17, 15) is 14.3 Å². The Morgan fingerprint density at radius 2 is 2.16 bits per heavy atom. The summed E-state index contributed by atoms with van der Waals surface area (Å²) in [6, 6.07) is 6.65. The molecule has 5 heteroatoms. The third kappa shape index (κ3) is 3.11. The van der Waals surface area contributed by atoms with Crippen molar-refractivity contribution in [2.75, 3.05) is 33.4 Å². The molecular weight excluding hydrogens is 249 g/mol. The summed E-state index contributed by atoms with van der Waals surface area (Å²) in [5.74, 6) is -1.03. The molecule has 2 rings (SSSR count). The van der Waals surface area contributed by atoms with Crippen LogP contribution in [0.5, 0.6) is 0 Å². The fourth-order valence-corrected chi connectivity index (χ4v) is 2.24. The maximum Gasteiger partial charge on any atom is 0.315 e. The van der Waals surface area contributed by atoms with Crippen LogP contribution in [0, 0.1) is 11.2 Å². The van der Waals surface area contributed by atoms with E-state index in [4.69, 9.17) is 4.74 Å². The maximum atomic E-state index is 13.5. The number of rotatable bonds is 6. The van der Waals surface area contributed by atoms with Gasteiger partial charge in [0, 0.05) is 13.1 Å². The van der Waals surface area contributed by atoms with E-state index in [0.717, 1.165) is 0 Å². The summed E-state index contributed by atoms with van der Waals surface area (Å²) in [5.41, 5.74) is -0.132. The number of likely N-dealkylation sites (N-methyl/N-ethyl adjacent to an activating group) is 1. The summed E-state index contributed by atoms with van der Waals surface area (Å²) in [6.07, 6.45) is 0.569. The average molecular weight is 267 g/mol. The van der Waals surface area contributed by atoms with Gasteiger partial charge in [-0.2, -0.15) is 0 Å². The minimum Gasteiger partial charge on any atom is -0.481 e. The molecule has 0 saturated carbocycles. The predicted molar refractivity (Wildman–Crippen MR) is 68.5 cm³/mol. The van der Waals surface area contributed by atoms with Crippen molar-refractivity contribution in [3.63, 3.8) is 0 Å². The molecule has 1 aliphatic heterocycles. The second kappa shape index (κ2) is 5.67. The van der Waals surface area contributed by atoms with Gasteiger partial charge in [-0.05, 0) is 25.1 Å². The van der Waals surface area contributed by atoms with Gasteiger partial charge in [0.15, 0.2) is 0 Å². The van der Waals surface area contributed by atoms with Crippen molar-refractivity contribution in [3.05, 3.63) is 35.6 Å². The first-order valence-electron chi connectivity index (χ1n) is 6.27. The molecule has 0 aliphatic carbocycles. The lowest BCUT2D eigenvalue weighted by molar-refractivity contribution is -0.182. The van der Waals surface area contributed by atoms with Crippen LogP contribution in [0.4, 0.5) is 4.39 Å². The molecule has 4 nitrogen and oxygen atoms in total. The molecule has 1 N–H and O–H groups in total. The zero-order chi connectivity index (χ0) is 13.9. The molecule has 0 bridgehead atoms. The Morgan fingerprint density at radius 1 is 1.47 bits per heavy atom. The smallest absolute Gasteiger partial charge is 0.315 e. The van der Waals surface area contributed by atoms with E-state index in [1.54, 1.807) is 18.2 Å². The summed E-state index contributed by atoms with van der Waals surface area (Å²) < 4.78 is 18.5. The molecule has 1 aromatic carbocycles. The highest BCUT2D eigenvalue weighted by atomic mass is 19.1. The van der Waals surface area contributed by atoms with Crippen LogP contribution in [0.15, 0.2) is 24.3 Å². The number of carbonyl (C=O) groups is 1. The zero-order valence-electron chi connectivity index (χ0n) is 10.9. The molecule has 0 unspecified atom stereocenters. The standard InChI is InChI=1S/C14H18FNO3/c1-16(8-14(13(17)18)9-19-10-14)7-6-11-4-2-3-5-12(11)15/h2-5H,6-10H2,1H3,(H,17,18). The summed E-state index contributed by atoms with van der Waals surface area (Å²) in [5, 5.41) is 9.20. The zero-order valence-corrected chi connectivity index (χ0v) is 10.9. The van der Waals surface area contributed by atoms with Crippen LogP contribution in [0.1, 0.15) is 5.56 Å². The third-order valence-electron chi connectivity index (χ3n) is 3.50. The Hall–Kier alpha value is -1.46. The highest BCUT2D eigenvalue weighted by Gasteiger charge is 2.46. The number of carboxylic acid groups (broad SMARTS) is 1. The van der Waals surface area contributed by atoms with Gasteiger partial charge in [0.1, 0.15) is 11.2 Å². The van der Waals surface area contributed by atoms with Crippen molar-refractivity contribution in [2.24, 2.45) is 5.41 Å². The predicted octanol–water partition coefficient (Wildman–Crippen LogP) is 1.40. The van der Waals surface area contributed by atoms with E-state index >= 15 is 0 Å². The van der Waals surface area contributed by atoms with Crippen LogP contribution in [-0.4, -0.2) is 49.3 Å². The average Bonchev–Trinajstić information content (AvgIpc) is 2.32. The second-order valence-electron chi connectivity index (χ2n) is 5.16. The number of benzene rings is 1. The summed E-state index contributed by atoms with van der Waals surface area (Å²) in [7, 11) is 1.85. The lowest BCUT2D eigenvalue weighted by atomic mass is 9.85. The van der Waals surface area contributed by atoms with Gasteiger partial charge in [0.05, 0.1) is 13.2 Å². The molecule has 104 valence electrons. The number of aliphatic carboxylic acids is 1. The van der Waals surface area contributed by atoms with Crippen LogP contribution < -0.4 is 0 Å². The number of carboxylic acids is 1. The Morgan fingerprint density at radius 3 is 2.68 bits per heavy atom. The van der Waals surface area contributed by atoms with Gasteiger partial charge in [-0.3, -0.25) is 4.79 Å². The normalized spacial score (nSPS) is 17.2. The first kappa shape index (κ1) is 14.0. The molecule has 0 amide bonds. The van der Waals surface area contributed by atoms with Crippen LogP contribution in [0.2, 0.25) is 0 Å². The fraction of sp³-hybridized carbons (Fsp3) is 0.500. The topological polar surface area (TPSA) is 49.8 Å². The third-order valence-corrected chi connectivity index (χ3v) is 3.50. The number of halogens is 1. The lowest BCUT2D eigenvalue weighted by Gasteiger charge is -2.40. The lowest BCUT2D eigenvalue weighted by Crippen LogP contribution is -2.55. The number of nitrogens with zero attached hydrogens (tertiary/aromatic N) is 1. The Balaban J connectivity index is 1.87.